The van der Waals surface area contributed by atoms with E-state index in [9.17, 15) is 18.1 Å². The van der Waals surface area contributed by atoms with E-state index < -0.39 is 30.5 Å². The monoisotopic (exact) mass is 452 g/mol. The van der Waals surface area contributed by atoms with Crippen molar-refractivity contribution in [2.75, 3.05) is 13.3 Å². The van der Waals surface area contributed by atoms with Crippen LogP contribution in [0.25, 0.3) is 0 Å². The summed E-state index contributed by atoms with van der Waals surface area (Å²) in [7, 11) is -3.31. The van der Waals surface area contributed by atoms with E-state index in [-0.39, 0.29) is 25.3 Å². The molecule has 10 heteroatoms. The SMILES string of the molecule is CCOP(C)(=O)C(Cc1nc(CCCCCCC(C)(F)F)no1)C(=O)OC(C)(C)C. The fourth-order valence-electron chi connectivity index (χ4n) is 2.87. The highest BCUT2D eigenvalue weighted by atomic mass is 31.2. The summed E-state index contributed by atoms with van der Waals surface area (Å²) < 4.78 is 54.5. The molecule has 0 aliphatic carbocycles. The molecule has 1 aromatic heterocycles. The maximum absolute atomic E-state index is 12.9. The Kier molecular flexibility index (Phi) is 10.1. The molecule has 1 aromatic rings. The number of rotatable bonds is 13. The van der Waals surface area contributed by atoms with Gasteiger partial charge in [0.2, 0.25) is 19.2 Å². The summed E-state index contributed by atoms with van der Waals surface area (Å²) in [6.45, 7) is 9.43. The van der Waals surface area contributed by atoms with Crippen LogP contribution in [0.2, 0.25) is 0 Å². The first-order valence-electron chi connectivity index (χ1n) is 10.4. The molecular weight excluding hydrogens is 417 g/mol. The minimum Gasteiger partial charge on any atom is -0.459 e. The van der Waals surface area contributed by atoms with Crippen LogP contribution in [-0.4, -0.2) is 46.6 Å². The maximum Gasteiger partial charge on any atom is 0.319 e. The molecule has 0 bridgehead atoms. The van der Waals surface area contributed by atoms with E-state index in [0.29, 0.717) is 25.1 Å². The number of hydrogen-bond donors (Lipinski definition) is 0. The molecule has 0 aromatic carbocycles. The first-order chi connectivity index (χ1) is 13.7. The van der Waals surface area contributed by atoms with Crippen molar-refractivity contribution in [1.29, 1.82) is 0 Å². The summed E-state index contributed by atoms with van der Waals surface area (Å²) in [5.74, 6) is -2.59. The summed E-state index contributed by atoms with van der Waals surface area (Å²) in [5.41, 5.74) is -1.77. The second-order valence-electron chi connectivity index (χ2n) is 8.67. The van der Waals surface area contributed by atoms with Crippen molar-refractivity contribution >= 4 is 13.3 Å². The predicted octanol–water partition coefficient (Wildman–Crippen LogP) is 5.42. The van der Waals surface area contributed by atoms with Gasteiger partial charge in [-0.2, -0.15) is 4.98 Å². The van der Waals surface area contributed by atoms with Crippen molar-refractivity contribution in [3.05, 3.63) is 11.7 Å². The molecule has 0 radical (unpaired) electrons. The van der Waals surface area contributed by atoms with Gasteiger partial charge in [0.05, 0.1) is 6.61 Å². The van der Waals surface area contributed by atoms with Gasteiger partial charge in [-0.05, 0) is 47.5 Å². The van der Waals surface area contributed by atoms with Crippen molar-refractivity contribution in [3.8, 4) is 0 Å². The highest BCUT2D eigenvalue weighted by Crippen LogP contribution is 2.50. The lowest BCUT2D eigenvalue weighted by atomic mass is 10.1. The van der Waals surface area contributed by atoms with Gasteiger partial charge < -0.3 is 13.8 Å². The minimum atomic E-state index is -3.31. The van der Waals surface area contributed by atoms with Crippen molar-refractivity contribution in [1.82, 2.24) is 10.1 Å². The van der Waals surface area contributed by atoms with E-state index in [1.807, 2.05) is 0 Å². The van der Waals surface area contributed by atoms with Crippen LogP contribution in [0.5, 0.6) is 0 Å². The Morgan fingerprint density at radius 3 is 2.37 bits per heavy atom. The third-order valence-corrected chi connectivity index (χ3v) is 6.57. The summed E-state index contributed by atoms with van der Waals surface area (Å²) in [6, 6.07) is 0. The third kappa shape index (κ3) is 10.6. The van der Waals surface area contributed by atoms with Crippen molar-refractivity contribution in [3.63, 3.8) is 0 Å². The predicted molar refractivity (Wildman–Crippen MR) is 110 cm³/mol. The molecule has 174 valence electrons. The summed E-state index contributed by atoms with van der Waals surface area (Å²) in [4.78, 5) is 16.9. The van der Waals surface area contributed by atoms with Crippen LogP contribution < -0.4 is 0 Å². The molecule has 0 amide bonds. The second-order valence-corrected chi connectivity index (χ2v) is 11.4. The molecule has 7 nitrogen and oxygen atoms in total. The molecule has 0 N–H and O–H groups in total. The number of alkyl halides is 2. The number of carbonyl (C=O) groups excluding carboxylic acids is 1. The van der Waals surface area contributed by atoms with Crippen molar-refractivity contribution in [2.45, 2.75) is 96.7 Å². The zero-order valence-corrected chi connectivity index (χ0v) is 19.8. The molecule has 0 spiro atoms. The van der Waals surface area contributed by atoms with E-state index in [1.54, 1.807) is 27.7 Å². The number of aryl methyl sites for hydroxylation is 1. The molecule has 2 unspecified atom stereocenters. The standard InChI is InChI=1S/C20H35F2N2O5P/c1-7-27-30(6,26)15(18(25)28-19(2,3)4)14-17-23-16(24-29-17)12-10-8-9-11-13-20(5,21)22/h15H,7-14H2,1-6H3. The zero-order chi connectivity index (χ0) is 23.0. The number of halogens is 2. The van der Waals surface area contributed by atoms with Crippen LogP contribution in [-0.2, 0) is 31.5 Å². The molecule has 0 fully saturated rings. The Hall–Kier alpha value is -1.34. The quantitative estimate of drug-likeness (QED) is 0.224. The molecule has 0 saturated carbocycles. The Balaban J connectivity index is 2.66. The molecule has 1 heterocycles. The number of unbranched alkanes of at least 4 members (excludes halogenated alkanes) is 3. The fraction of sp³-hybridized carbons (Fsp3) is 0.850. The van der Waals surface area contributed by atoms with Crippen LogP contribution >= 0.6 is 7.37 Å². The molecule has 0 saturated heterocycles. The first-order valence-corrected chi connectivity index (χ1v) is 12.5. The Morgan fingerprint density at radius 2 is 1.80 bits per heavy atom. The van der Waals surface area contributed by atoms with E-state index in [2.05, 4.69) is 10.1 Å². The number of ether oxygens (including phenoxy) is 1. The number of esters is 1. The molecular formula is C20H35F2N2O5P. The van der Waals surface area contributed by atoms with Crippen LogP contribution in [0, 0.1) is 0 Å². The zero-order valence-electron chi connectivity index (χ0n) is 18.9. The van der Waals surface area contributed by atoms with Crippen LogP contribution in [0.15, 0.2) is 4.52 Å². The number of hydrogen-bond acceptors (Lipinski definition) is 7. The lowest BCUT2D eigenvalue weighted by Crippen LogP contribution is -2.33. The topological polar surface area (TPSA) is 91.5 Å². The fourth-order valence-corrected chi connectivity index (χ4v) is 4.48. The number of aromatic nitrogens is 2. The van der Waals surface area contributed by atoms with Gasteiger partial charge in [0.1, 0.15) is 11.3 Å². The summed E-state index contributed by atoms with van der Waals surface area (Å²) >= 11 is 0. The average molecular weight is 452 g/mol. The van der Waals surface area contributed by atoms with E-state index >= 15 is 0 Å². The van der Waals surface area contributed by atoms with E-state index in [1.165, 1.54) is 6.66 Å². The lowest BCUT2D eigenvalue weighted by molar-refractivity contribution is -0.154. The largest absolute Gasteiger partial charge is 0.459 e. The van der Waals surface area contributed by atoms with Gasteiger partial charge in [0.15, 0.2) is 5.82 Å². The molecule has 30 heavy (non-hydrogen) atoms. The summed E-state index contributed by atoms with van der Waals surface area (Å²) in [5, 5.41) is 3.90. The van der Waals surface area contributed by atoms with Crippen LogP contribution in [0.4, 0.5) is 8.78 Å². The molecule has 0 aliphatic rings. The Bertz CT molecular complexity index is 713. The second kappa shape index (κ2) is 11.3. The first kappa shape index (κ1) is 26.7. The number of carbonyl (C=O) groups is 1. The van der Waals surface area contributed by atoms with Gasteiger partial charge in [0, 0.05) is 25.9 Å². The Morgan fingerprint density at radius 1 is 1.17 bits per heavy atom. The van der Waals surface area contributed by atoms with Gasteiger partial charge in [-0.3, -0.25) is 9.36 Å². The normalized spacial score (nSPS) is 15.6. The average Bonchev–Trinajstić information content (AvgIpc) is 3.00. The van der Waals surface area contributed by atoms with Crippen molar-refractivity contribution < 1.29 is 31.9 Å². The highest BCUT2D eigenvalue weighted by Gasteiger charge is 2.40. The van der Waals surface area contributed by atoms with Crippen molar-refractivity contribution in [2.24, 2.45) is 0 Å². The molecule has 0 aliphatic heterocycles. The molecule has 2 atom stereocenters. The van der Waals surface area contributed by atoms with Gasteiger partial charge in [0.25, 0.3) is 0 Å². The third-order valence-electron chi connectivity index (χ3n) is 4.27. The van der Waals surface area contributed by atoms with Gasteiger partial charge >= 0.3 is 5.97 Å². The smallest absolute Gasteiger partial charge is 0.319 e. The molecule has 1 rings (SSSR count). The van der Waals surface area contributed by atoms with Gasteiger partial charge in [-0.1, -0.05) is 18.0 Å². The van der Waals surface area contributed by atoms with Crippen LogP contribution in [0.3, 0.4) is 0 Å². The summed E-state index contributed by atoms with van der Waals surface area (Å²) in [6.07, 6.45) is 3.11. The highest BCUT2D eigenvalue weighted by molar-refractivity contribution is 7.60. The van der Waals surface area contributed by atoms with E-state index in [0.717, 1.165) is 19.8 Å². The minimum absolute atomic E-state index is 0.0404. The van der Waals surface area contributed by atoms with E-state index in [4.69, 9.17) is 13.8 Å². The van der Waals surface area contributed by atoms with Gasteiger partial charge in [-0.25, -0.2) is 8.78 Å². The Labute approximate surface area is 177 Å². The van der Waals surface area contributed by atoms with Crippen LogP contribution in [0.1, 0.15) is 78.4 Å². The maximum atomic E-state index is 12.9. The number of nitrogens with zero attached hydrogens (tertiary/aromatic N) is 2. The van der Waals surface area contributed by atoms with Gasteiger partial charge in [-0.15, -0.1) is 0 Å². The lowest BCUT2D eigenvalue weighted by Gasteiger charge is -2.26.